The molecule has 0 aliphatic heterocycles. The van der Waals surface area contributed by atoms with Crippen LogP contribution in [0.2, 0.25) is 0 Å². The first-order valence-electron chi connectivity index (χ1n) is 8.84. The molecule has 1 atom stereocenters. The molecule has 6 heteroatoms. The van der Waals surface area contributed by atoms with Gasteiger partial charge in [0.15, 0.2) is 17.3 Å². The van der Waals surface area contributed by atoms with Crippen molar-refractivity contribution in [3.8, 4) is 17.3 Å². The van der Waals surface area contributed by atoms with E-state index >= 15 is 0 Å². The molecule has 0 saturated carbocycles. The molecule has 2 rings (SSSR count). The number of aromatic nitrogens is 3. The maximum atomic E-state index is 12.5. The van der Waals surface area contributed by atoms with E-state index in [2.05, 4.69) is 28.8 Å². The summed E-state index contributed by atoms with van der Waals surface area (Å²) in [6.07, 6.45) is 6.97. The minimum atomic E-state index is -0.725. The van der Waals surface area contributed by atoms with Crippen molar-refractivity contribution in [2.45, 2.75) is 52.4 Å². The number of rotatable bonds is 9. The molecule has 0 aliphatic rings. The van der Waals surface area contributed by atoms with Gasteiger partial charge >= 0.3 is 0 Å². The number of H-pyrrole nitrogens is 1. The van der Waals surface area contributed by atoms with Gasteiger partial charge in [0.2, 0.25) is 5.75 Å². The molecule has 0 spiro atoms. The number of carbonyl (C=O) groups excluding carboxylic acids is 1. The number of aromatic hydroxyl groups is 1. The normalized spacial score (nSPS) is 12.1. The van der Waals surface area contributed by atoms with Crippen LogP contribution in [0.5, 0.6) is 5.75 Å². The number of aromatic amines is 1. The van der Waals surface area contributed by atoms with Crippen molar-refractivity contribution in [2.75, 3.05) is 0 Å². The Bertz CT molecular complexity index is 756. The predicted molar refractivity (Wildman–Crippen MR) is 96.6 cm³/mol. The molecular weight excluding hydrogens is 318 g/mol. The summed E-state index contributed by atoms with van der Waals surface area (Å²) >= 11 is 0. The van der Waals surface area contributed by atoms with E-state index in [4.69, 9.17) is 0 Å². The van der Waals surface area contributed by atoms with E-state index in [0.29, 0.717) is 11.6 Å². The van der Waals surface area contributed by atoms with Crippen LogP contribution in [0, 0.1) is 5.92 Å². The van der Waals surface area contributed by atoms with E-state index in [-0.39, 0.29) is 23.7 Å². The number of nitrogens with zero attached hydrogens (tertiary/aromatic N) is 2. The fourth-order valence-corrected chi connectivity index (χ4v) is 2.78. The number of nitrogens with one attached hydrogen (secondary N) is 1. The summed E-state index contributed by atoms with van der Waals surface area (Å²) in [6.45, 7) is 4.27. The van der Waals surface area contributed by atoms with Crippen LogP contribution in [-0.2, 0) is 0 Å². The molecule has 0 aromatic carbocycles. The molecule has 134 valence electrons. The van der Waals surface area contributed by atoms with E-state index in [1.807, 2.05) is 0 Å². The van der Waals surface area contributed by atoms with Gasteiger partial charge in [-0.05, 0) is 24.5 Å². The predicted octanol–water partition coefficient (Wildman–Crippen LogP) is 3.72. The second-order valence-electron chi connectivity index (χ2n) is 6.21. The van der Waals surface area contributed by atoms with Crippen LogP contribution in [0.15, 0.2) is 29.2 Å². The van der Waals surface area contributed by atoms with Gasteiger partial charge in [0.1, 0.15) is 5.69 Å². The van der Waals surface area contributed by atoms with Gasteiger partial charge in [-0.1, -0.05) is 45.6 Å². The lowest BCUT2D eigenvalue weighted by atomic mass is 9.93. The van der Waals surface area contributed by atoms with Crippen LogP contribution in [0.3, 0.4) is 0 Å². The first kappa shape index (κ1) is 18.8. The summed E-state index contributed by atoms with van der Waals surface area (Å²) in [4.78, 5) is 35.2. The first-order valence-corrected chi connectivity index (χ1v) is 8.84. The van der Waals surface area contributed by atoms with Crippen LogP contribution in [0.1, 0.15) is 62.9 Å². The highest BCUT2D eigenvalue weighted by molar-refractivity contribution is 5.96. The lowest BCUT2D eigenvalue weighted by Crippen LogP contribution is -2.16. The van der Waals surface area contributed by atoms with Crippen molar-refractivity contribution in [2.24, 2.45) is 5.92 Å². The third-order valence-electron chi connectivity index (χ3n) is 4.39. The Labute approximate surface area is 147 Å². The van der Waals surface area contributed by atoms with Gasteiger partial charge in [-0.25, -0.2) is 4.98 Å². The maximum Gasteiger partial charge on any atom is 0.294 e. The number of pyridine rings is 1. The molecule has 0 saturated heterocycles. The zero-order valence-electron chi connectivity index (χ0n) is 14.8. The summed E-state index contributed by atoms with van der Waals surface area (Å²) in [7, 11) is 0. The Morgan fingerprint density at radius 3 is 2.72 bits per heavy atom. The van der Waals surface area contributed by atoms with Crippen LogP contribution in [0.25, 0.3) is 11.5 Å². The number of Topliss-reactive ketones (excluding diaryl/α,β-unsaturated/α-hetero) is 1. The van der Waals surface area contributed by atoms with Gasteiger partial charge in [0, 0.05) is 12.6 Å². The lowest BCUT2D eigenvalue weighted by Gasteiger charge is -2.13. The molecule has 6 nitrogen and oxygen atoms in total. The van der Waals surface area contributed by atoms with Gasteiger partial charge in [-0.15, -0.1) is 0 Å². The fourth-order valence-electron chi connectivity index (χ4n) is 2.78. The van der Waals surface area contributed by atoms with Crippen molar-refractivity contribution < 1.29 is 9.90 Å². The van der Waals surface area contributed by atoms with E-state index in [1.165, 1.54) is 0 Å². The standard InChI is InChI=1S/C19H25N3O3/c1-3-5-8-13(4-2)10-11-15(23)16-17(24)19(25)22-18(21-16)14-9-6-7-12-20-14/h6-7,9,12-13,24H,3-5,8,10-11H2,1-2H3,(H,21,22,25). The Hall–Kier alpha value is -2.50. The third kappa shape index (κ3) is 4.98. The summed E-state index contributed by atoms with van der Waals surface area (Å²) in [5.74, 6) is -0.268. The molecule has 0 radical (unpaired) electrons. The summed E-state index contributed by atoms with van der Waals surface area (Å²) in [5, 5.41) is 9.96. The van der Waals surface area contributed by atoms with Crippen LogP contribution in [-0.4, -0.2) is 25.8 Å². The van der Waals surface area contributed by atoms with Gasteiger partial charge in [0.25, 0.3) is 5.56 Å². The minimum absolute atomic E-state index is 0.172. The van der Waals surface area contributed by atoms with Gasteiger partial charge < -0.3 is 10.1 Å². The summed E-state index contributed by atoms with van der Waals surface area (Å²) in [6, 6.07) is 5.19. The smallest absolute Gasteiger partial charge is 0.294 e. The van der Waals surface area contributed by atoms with Gasteiger partial charge in [-0.3, -0.25) is 14.6 Å². The van der Waals surface area contributed by atoms with E-state index in [1.54, 1.807) is 24.4 Å². The quantitative estimate of drug-likeness (QED) is 0.677. The molecule has 0 aliphatic carbocycles. The largest absolute Gasteiger partial charge is 0.501 e. The van der Waals surface area contributed by atoms with Gasteiger partial charge in [-0.2, -0.15) is 0 Å². The zero-order chi connectivity index (χ0) is 18.2. The van der Waals surface area contributed by atoms with Crippen molar-refractivity contribution >= 4 is 5.78 Å². The van der Waals surface area contributed by atoms with Crippen LogP contribution >= 0.6 is 0 Å². The van der Waals surface area contributed by atoms with Crippen LogP contribution in [0.4, 0.5) is 0 Å². The Balaban J connectivity index is 2.19. The molecule has 2 aromatic heterocycles. The molecule has 0 bridgehead atoms. The molecule has 2 aromatic rings. The van der Waals surface area contributed by atoms with E-state index in [0.717, 1.165) is 32.1 Å². The molecule has 0 fully saturated rings. The number of ketones is 1. The average molecular weight is 343 g/mol. The minimum Gasteiger partial charge on any atom is -0.501 e. The topological polar surface area (TPSA) is 95.9 Å². The monoisotopic (exact) mass is 343 g/mol. The van der Waals surface area contributed by atoms with E-state index in [9.17, 15) is 14.7 Å². The second-order valence-corrected chi connectivity index (χ2v) is 6.21. The van der Waals surface area contributed by atoms with Crippen LogP contribution < -0.4 is 5.56 Å². The number of hydrogen-bond donors (Lipinski definition) is 2. The third-order valence-corrected chi connectivity index (χ3v) is 4.39. The molecule has 0 amide bonds. The van der Waals surface area contributed by atoms with Crippen molar-refractivity contribution in [3.63, 3.8) is 0 Å². The second kappa shape index (κ2) is 9.11. The lowest BCUT2D eigenvalue weighted by molar-refractivity contribution is 0.0964. The Kier molecular flexibility index (Phi) is 6.86. The number of carbonyl (C=O) groups is 1. The molecule has 2 heterocycles. The average Bonchev–Trinajstić information content (AvgIpc) is 2.64. The molecular formula is C19H25N3O3. The maximum absolute atomic E-state index is 12.5. The zero-order valence-corrected chi connectivity index (χ0v) is 14.8. The van der Waals surface area contributed by atoms with Crippen molar-refractivity contribution in [1.29, 1.82) is 0 Å². The van der Waals surface area contributed by atoms with Crippen molar-refractivity contribution in [1.82, 2.24) is 15.0 Å². The Morgan fingerprint density at radius 1 is 1.28 bits per heavy atom. The molecule has 1 unspecified atom stereocenters. The first-order chi connectivity index (χ1) is 12.1. The fraction of sp³-hybridized carbons (Fsp3) is 0.474. The summed E-state index contributed by atoms with van der Waals surface area (Å²) in [5.41, 5.74) is -0.449. The molecule has 2 N–H and O–H groups in total. The van der Waals surface area contributed by atoms with E-state index < -0.39 is 11.3 Å². The molecule has 25 heavy (non-hydrogen) atoms. The highest BCUT2D eigenvalue weighted by atomic mass is 16.3. The number of hydrogen-bond acceptors (Lipinski definition) is 5. The van der Waals surface area contributed by atoms with Crippen molar-refractivity contribution in [3.05, 3.63) is 40.4 Å². The SMILES string of the molecule is CCCCC(CC)CCC(=O)c1nc(-c2ccccn2)[nH]c(=O)c1O. The highest BCUT2D eigenvalue weighted by Gasteiger charge is 2.20. The van der Waals surface area contributed by atoms with Gasteiger partial charge in [0.05, 0.1) is 0 Å². The summed E-state index contributed by atoms with van der Waals surface area (Å²) < 4.78 is 0. The number of unbranched alkanes of at least 4 members (excludes halogenated alkanes) is 1. The highest BCUT2D eigenvalue weighted by Crippen LogP contribution is 2.22. The Morgan fingerprint density at radius 2 is 2.08 bits per heavy atom.